The highest BCUT2D eigenvalue weighted by Gasteiger charge is 2.34. The molecule has 2 heterocycles. The quantitative estimate of drug-likeness (QED) is 0.797. The number of nitrogens with one attached hydrogen (secondary N) is 1. The minimum absolute atomic E-state index is 0.0861. The Labute approximate surface area is 169 Å². The number of ether oxygens (including phenoxy) is 3. The number of hydrogen-bond acceptors (Lipinski definition) is 6. The van der Waals surface area contributed by atoms with Crippen molar-refractivity contribution in [3.8, 4) is 17.2 Å². The number of amides is 1. The molecule has 0 radical (unpaired) electrons. The summed E-state index contributed by atoms with van der Waals surface area (Å²) >= 11 is 0. The van der Waals surface area contributed by atoms with Gasteiger partial charge in [0.25, 0.3) is 0 Å². The van der Waals surface area contributed by atoms with Crippen molar-refractivity contribution in [1.82, 2.24) is 4.72 Å². The fourth-order valence-electron chi connectivity index (χ4n) is 3.54. The maximum atomic E-state index is 12.8. The lowest BCUT2D eigenvalue weighted by atomic mass is 10.2. The van der Waals surface area contributed by atoms with Crippen LogP contribution in [0.25, 0.3) is 0 Å². The number of benzene rings is 2. The summed E-state index contributed by atoms with van der Waals surface area (Å²) in [6.07, 6.45) is 0.0861. The summed E-state index contributed by atoms with van der Waals surface area (Å²) in [5, 5.41) is 0. The molecule has 1 unspecified atom stereocenters. The van der Waals surface area contributed by atoms with Gasteiger partial charge in [-0.3, -0.25) is 4.79 Å². The number of hydrogen-bond donors (Lipinski definition) is 1. The highest BCUT2D eigenvalue weighted by Crippen LogP contribution is 2.35. The van der Waals surface area contributed by atoms with Crippen LogP contribution in [0.3, 0.4) is 0 Å². The van der Waals surface area contributed by atoms with E-state index in [-0.39, 0.29) is 23.8 Å². The van der Waals surface area contributed by atoms with E-state index in [0.29, 0.717) is 36.1 Å². The molecule has 1 amide bonds. The summed E-state index contributed by atoms with van der Waals surface area (Å²) in [4.78, 5) is 14.2. The third kappa shape index (κ3) is 3.88. The molecule has 9 heteroatoms. The van der Waals surface area contributed by atoms with E-state index < -0.39 is 16.1 Å². The lowest BCUT2D eigenvalue weighted by molar-refractivity contribution is -0.117. The van der Waals surface area contributed by atoms with Gasteiger partial charge in [-0.15, -0.1) is 0 Å². The van der Waals surface area contributed by atoms with Crippen molar-refractivity contribution < 1.29 is 27.4 Å². The van der Waals surface area contributed by atoms with Gasteiger partial charge in [0.05, 0.1) is 12.0 Å². The van der Waals surface area contributed by atoms with Gasteiger partial charge in [-0.1, -0.05) is 0 Å². The summed E-state index contributed by atoms with van der Waals surface area (Å²) in [5.41, 5.74) is 1.37. The first-order chi connectivity index (χ1) is 13.9. The van der Waals surface area contributed by atoms with E-state index in [1.54, 1.807) is 42.2 Å². The van der Waals surface area contributed by atoms with Crippen LogP contribution in [0, 0.1) is 6.92 Å². The zero-order chi connectivity index (χ0) is 20.6. The summed E-state index contributed by atoms with van der Waals surface area (Å²) in [5.74, 6) is 1.68. The van der Waals surface area contributed by atoms with E-state index in [9.17, 15) is 13.2 Å². The molecule has 29 heavy (non-hydrogen) atoms. The number of methoxy groups -OCH3 is 1. The number of nitrogens with zero attached hydrogens (tertiary/aromatic N) is 1. The number of sulfonamides is 1. The highest BCUT2D eigenvalue weighted by molar-refractivity contribution is 7.89. The molecule has 8 nitrogen and oxygen atoms in total. The average Bonchev–Trinajstić information content (AvgIpc) is 3.06. The summed E-state index contributed by atoms with van der Waals surface area (Å²) in [6, 6.07) is 9.41. The van der Waals surface area contributed by atoms with Crippen molar-refractivity contribution >= 4 is 21.6 Å². The molecule has 1 saturated heterocycles. The molecule has 1 N–H and O–H groups in total. The Kier molecular flexibility index (Phi) is 5.10. The van der Waals surface area contributed by atoms with Crippen LogP contribution >= 0.6 is 0 Å². The minimum Gasteiger partial charge on any atom is -0.496 e. The van der Waals surface area contributed by atoms with E-state index in [4.69, 9.17) is 14.2 Å². The molecule has 0 aromatic heterocycles. The molecule has 0 spiro atoms. The lowest BCUT2D eigenvalue weighted by Crippen LogP contribution is -2.37. The van der Waals surface area contributed by atoms with Gasteiger partial charge in [-0.2, -0.15) is 0 Å². The zero-order valence-corrected chi connectivity index (χ0v) is 17.0. The Bertz CT molecular complexity index is 1050. The molecular formula is C20H22N2O6S. The van der Waals surface area contributed by atoms with Crippen LogP contribution in [0.15, 0.2) is 41.3 Å². The van der Waals surface area contributed by atoms with Crippen LogP contribution in [0.1, 0.15) is 12.0 Å². The van der Waals surface area contributed by atoms with Gasteiger partial charge in [-0.05, 0) is 42.8 Å². The van der Waals surface area contributed by atoms with Gasteiger partial charge in [0.2, 0.25) is 15.9 Å². The molecule has 2 aliphatic rings. The third-order valence-corrected chi connectivity index (χ3v) is 6.48. The van der Waals surface area contributed by atoms with Crippen LogP contribution < -0.4 is 23.8 Å². The van der Waals surface area contributed by atoms with Crippen LogP contribution in [-0.2, 0) is 14.8 Å². The van der Waals surface area contributed by atoms with E-state index in [1.165, 1.54) is 13.2 Å². The third-order valence-electron chi connectivity index (χ3n) is 4.96. The Balaban J connectivity index is 1.50. The molecule has 1 fully saturated rings. The van der Waals surface area contributed by atoms with E-state index in [1.807, 2.05) is 0 Å². The molecule has 1 atom stereocenters. The number of carbonyl (C=O) groups excluding carboxylic acids is 1. The van der Waals surface area contributed by atoms with Gasteiger partial charge >= 0.3 is 0 Å². The van der Waals surface area contributed by atoms with Crippen molar-refractivity contribution in [1.29, 1.82) is 0 Å². The van der Waals surface area contributed by atoms with Crippen LogP contribution in [0.4, 0.5) is 5.69 Å². The molecule has 4 rings (SSSR count). The van der Waals surface area contributed by atoms with Gasteiger partial charge < -0.3 is 19.1 Å². The number of carbonyl (C=O) groups is 1. The zero-order valence-electron chi connectivity index (χ0n) is 16.2. The molecule has 0 aliphatic carbocycles. The molecule has 2 aliphatic heterocycles. The van der Waals surface area contributed by atoms with Gasteiger partial charge in [-0.25, -0.2) is 13.1 Å². The monoisotopic (exact) mass is 418 g/mol. The minimum atomic E-state index is -3.76. The van der Waals surface area contributed by atoms with Gasteiger partial charge in [0.15, 0.2) is 11.5 Å². The molecular weight excluding hydrogens is 396 g/mol. The normalized spacial score (nSPS) is 18.8. The summed E-state index contributed by atoms with van der Waals surface area (Å²) < 4.78 is 44.4. The topological polar surface area (TPSA) is 94.2 Å². The van der Waals surface area contributed by atoms with Crippen LogP contribution in [0.5, 0.6) is 17.2 Å². The molecule has 0 bridgehead atoms. The number of fused-ring (bicyclic) bond motifs is 1. The second kappa shape index (κ2) is 7.57. The predicted molar refractivity (Wildman–Crippen MR) is 106 cm³/mol. The van der Waals surface area contributed by atoms with Crippen molar-refractivity contribution in [3.05, 3.63) is 42.0 Å². The van der Waals surface area contributed by atoms with Gasteiger partial charge in [0, 0.05) is 30.8 Å². The first kappa shape index (κ1) is 19.5. The van der Waals surface area contributed by atoms with Crippen molar-refractivity contribution in [2.24, 2.45) is 0 Å². The van der Waals surface area contributed by atoms with Crippen molar-refractivity contribution in [3.63, 3.8) is 0 Å². The Morgan fingerprint density at radius 2 is 1.86 bits per heavy atom. The first-order valence-electron chi connectivity index (χ1n) is 9.24. The molecule has 0 saturated carbocycles. The molecule has 154 valence electrons. The fraction of sp³-hybridized carbons (Fsp3) is 0.350. The maximum absolute atomic E-state index is 12.8. The highest BCUT2D eigenvalue weighted by atomic mass is 32.2. The Hall–Kier alpha value is -2.78. The number of rotatable bonds is 5. The second-order valence-corrected chi connectivity index (χ2v) is 8.70. The van der Waals surface area contributed by atoms with Crippen molar-refractivity contribution in [2.45, 2.75) is 24.3 Å². The SMILES string of the molecule is COc1ccc(S(=O)(=O)NC2CC(=O)N(c3ccc4c(c3)OCCO4)C2)cc1C. The molecule has 2 aromatic carbocycles. The van der Waals surface area contributed by atoms with Crippen molar-refractivity contribution in [2.75, 3.05) is 31.8 Å². The smallest absolute Gasteiger partial charge is 0.240 e. The number of aryl methyl sites for hydroxylation is 1. The van der Waals surface area contributed by atoms with Crippen LogP contribution in [0.2, 0.25) is 0 Å². The standard InChI is InChI=1S/C20H22N2O6S/c1-13-9-16(4-6-17(13)26-2)29(24,25)21-14-10-20(23)22(12-14)15-3-5-18-19(11-15)28-8-7-27-18/h3-6,9,11,14,21H,7-8,10,12H2,1-2H3. The maximum Gasteiger partial charge on any atom is 0.240 e. The second-order valence-electron chi connectivity index (χ2n) is 6.99. The lowest BCUT2D eigenvalue weighted by Gasteiger charge is -2.22. The number of anilines is 1. The Morgan fingerprint density at radius 1 is 1.10 bits per heavy atom. The van der Waals surface area contributed by atoms with Crippen LogP contribution in [-0.4, -0.2) is 47.2 Å². The first-order valence-corrected chi connectivity index (χ1v) is 10.7. The summed E-state index contributed by atoms with van der Waals surface area (Å²) in [7, 11) is -2.23. The predicted octanol–water partition coefficient (Wildman–Crippen LogP) is 1.86. The summed E-state index contributed by atoms with van der Waals surface area (Å²) in [6.45, 7) is 2.96. The van der Waals surface area contributed by atoms with E-state index >= 15 is 0 Å². The molecule has 2 aromatic rings. The average molecular weight is 418 g/mol. The Morgan fingerprint density at radius 3 is 2.59 bits per heavy atom. The fourth-order valence-corrected chi connectivity index (χ4v) is 4.85. The van der Waals surface area contributed by atoms with E-state index in [2.05, 4.69) is 4.72 Å². The van der Waals surface area contributed by atoms with Gasteiger partial charge in [0.1, 0.15) is 19.0 Å². The van der Waals surface area contributed by atoms with E-state index in [0.717, 1.165) is 5.56 Å². The largest absolute Gasteiger partial charge is 0.496 e.